The fourth-order valence-electron chi connectivity index (χ4n) is 2.89. The van der Waals surface area contributed by atoms with Crippen LogP contribution in [-0.4, -0.2) is 43.1 Å². The first-order valence-electron chi connectivity index (χ1n) is 8.70. The van der Waals surface area contributed by atoms with E-state index in [0.29, 0.717) is 28.5 Å². The Kier molecular flexibility index (Phi) is 6.41. The Bertz CT molecular complexity index is 877. The van der Waals surface area contributed by atoms with Crippen molar-refractivity contribution in [2.24, 2.45) is 0 Å². The van der Waals surface area contributed by atoms with Crippen molar-refractivity contribution in [1.29, 1.82) is 0 Å². The molecule has 2 amide bonds. The maximum absolute atomic E-state index is 13.8. The highest BCUT2D eigenvalue weighted by Gasteiger charge is 2.32. The summed E-state index contributed by atoms with van der Waals surface area (Å²) in [5.41, 5.74) is 1.03. The Morgan fingerprint density at radius 3 is 2.64 bits per heavy atom. The highest BCUT2D eigenvalue weighted by atomic mass is 32.2. The lowest BCUT2D eigenvalue weighted by atomic mass is 10.1. The smallest absolute Gasteiger partial charge is 0.247 e. The molecule has 1 aliphatic heterocycles. The van der Waals surface area contributed by atoms with Gasteiger partial charge in [0.2, 0.25) is 11.8 Å². The van der Waals surface area contributed by atoms with Gasteiger partial charge in [0.05, 0.1) is 19.5 Å². The Balaban J connectivity index is 1.60. The van der Waals surface area contributed by atoms with Gasteiger partial charge in [-0.15, -0.1) is 11.8 Å². The van der Waals surface area contributed by atoms with Gasteiger partial charge in [0.1, 0.15) is 11.9 Å². The molecule has 148 valence electrons. The lowest BCUT2D eigenvalue weighted by Crippen LogP contribution is -2.52. The predicted molar refractivity (Wildman–Crippen MR) is 106 cm³/mol. The normalized spacial score (nSPS) is 18.9. The quantitative estimate of drug-likeness (QED) is 0.774. The summed E-state index contributed by atoms with van der Waals surface area (Å²) in [6.07, 6.45) is 0.285. The molecule has 1 heterocycles. The molecule has 2 aromatic rings. The molecule has 2 aromatic carbocycles. The zero-order valence-corrected chi connectivity index (χ0v) is 16.3. The number of amides is 2. The van der Waals surface area contributed by atoms with E-state index in [-0.39, 0.29) is 24.1 Å². The minimum absolute atomic E-state index is 0.271. The van der Waals surface area contributed by atoms with Crippen molar-refractivity contribution in [1.82, 2.24) is 5.32 Å². The zero-order valence-electron chi connectivity index (χ0n) is 15.5. The van der Waals surface area contributed by atoms with E-state index in [9.17, 15) is 14.0 Å². The molecule has 0 bridgehead atoms. The largest absolute Gasteiger partial charge is 0.493 e. The van der Waals surface area contributed by atoms with Crippen LogP contribution in [0.2, 0.25) is 0 Å². The minimum atomic E-state index is -0.664. The first-order valence-corrected chi connectivity index (χ1v) is 9.75. The van der Waals surface area contributed by atoms with Crippen LogP contribution >= 0.6 is 11.8 Å². The second kappa shape index (κ2) is 8.97. The van der Waals surface area contributed by atoms with Crippen LogP contribution in [0.4, 0.5) is 10.1 Å². The van der Waals surface area contributed by atoms with Crippen molar-refractivity contribution >= 4 is 29.3 Å². The summed E-state index contributed by atoms with van der Waals surface area (Å²) in [4.78, 5) is 24.9. The summed E-state index contributed by atoms with van der Waals surface area (Å²) in [6.45, 7) is 0. The molecule has 1 aliphatic rings. The number of hydrogen-bond donors (Lipinski definition) is 2. The molecule has 2 atom stereocenters. The van der Waals surface area contributed by atoms with Gasteiger partial charge in [0, 0.05) is 17.5 Å². The number of nitrogens with one attached hydrogen (secondary N) is 2. The van der Waals surface area contributed by atoms with Gasteiger partial charge in [-0.3, -0.25) is 9.59 Å². The molecular weight excluding hydrogens is 383 g/mol. The van der Waals surface area contributed by atoms with Gasteiger partial charge in [0.25, 0.3) is 0 Å². The van der Waals surface area contributed by atoms with E-state index in [0.717, 1.165) is 0 Å². The van der Waals surface area contributed by atoms with Gasteiger partial charge in [-0.05, 0) is 30.2 Å². The molecule has 28 heavy (non-hydrogen) atoms. The van der Waals surface area contributed by atoms with E-state index in [2.05, 4.69) is 10.6 Å². The second-order valence-corrected chi connectivity index (χ2v) is 7.47. The molecule has 0 spiro atoms. The van der Waals surface area contributed by atoms with Gasteiger partial charge in [-0.25, -0.2) is 4.39 Å². The Morgan fingerprint density at radius 1 is 1.21 bits per heavy atom. The van der Waals surface area contributed by atoms with Gasteiger partial charge in [0.15, 0.2) is 11.5 Å². The second-order valence-electron chi connectivity index (χ2n) is 6.24. The molecule has 0 radical (unpaired) electrons. The molecule has 0 unspecified atom stereocenters. The van der Waals surface area contributed by atoms with Crippen LogP contribution in [0.25, 0.3) is 0 Å². The average Bonchev–Trinajstić information content (AvgIpc) is 2.70. The van der Waals surface area contributed by atoms with E-state index in [1.54, 1.807) is 36.4 Å². The Hall–Kier alpha value is -2.74. The SMILES string of the molecule is COc1ccc(NC(=O)[C@@H]2CS[C@@H](Cc3ccccc3F)C(=O)N2)cc1OC. The zero-order chi connectivity index (χ0) is 20.1. The highest BCUT2D eigenvalue weighted by molar-refractivity contribution is 8.00. The summed E-state index contributed by atoms with van der Waals surface area (Å²) < 4.78 is 24.2. The Morgan fingerprint density at radius 2 is 1.96 bits per heavy atom. The van der Waals surface area contributed by atoms with Crippen molar-refractivity contribution < 1.29 is 23.5 Å². The van der Waals surface area contributed by atoms with Gasteiger partial charge in [-0.2, -0.15) is 0 Å². The first kappa shape index (κ1) is 20.0. The topological polar surface area (TPSA) is 76.7 Å². The molecule has 0 aliphatic carbocycles. The van der Waals surface area contributed by atoms with Crippen LogP contribution in [0.3, 0.4) is 0 Å². The lowest BCUT2D eigenvalue weighted by Gasteiger charge is -2.28. The molecule has 0 saturated carbocycles. The number of benzene rings is 2. The molecule has 3 rings (SSSR count). The van der Waals surface area contributed by atoms with E-state index >= 15 is 0 Å². The van der Waals surface area contributed by atoms with Crippen LogP contribution < -0.4 is 20.1 Å². The molecule has 8 heteroatoms. The number of carbonyl (C=O) groups excluding carboxylic acids is 2. The maximum atomic E-state index is 13.8. The van der Waals surface area contributed by atoms with Crippen molar-refractivity contribution in [3.05, 3.63) is 53.8 Å². The fourth-order valence-corrected chi connectivity index (χ4v) is 4.07. The van der Waals surface area contributed by atoms with Crippen molar-refractivity contribution in [3.8, 4) is 11.5 Å². The van der Waals surface area contributed by atoms with Crippen molar-refractivity contribution in [3.63, 3.8) is 0 Å². The summed E-state index contributed by atoms with van der Waals surface area (Å²) in [7, 11) is 3.04. The number of thioether (sulfide) groups is 1. The van der Waals surface area contributed by atoms with Crippen LogP contribution in [0.15, 0.2) is 42.5 Å². The third kappa shape index (κ3) is 4.56. The van der Waals surface area contributed by atoms with Crippen LogP contribution in [0.5, 0.6) is 11.5 Å². The summed E-state index contributed by atoms with van der Waals surface area (Å²) in [6, 6.07) is 10.8. The van der Waals surface area contributed by atoms with E-state index in [1.165, 1.54) is 32.0 Å². The molecule has 0 aromatic heterocycles. The van der Waals surface area contributed by atoms with Crippen molar-refractivity contribution in [2.45, 2.75) is 17.7 Å². The maximum Gasteiger partial charge on any atom is 0.247 e. The third-order valence-corrected chi connectivity index (χ3v) is 5.71. The molecule has 2 N–H and O–H groups in total. The van der Waals surface area contributed by atoms with E-state index < -0.39 is 11.3 Å². The number of methoxy groups -OCH3 is 2. The van der Waals surface area contributed by atoms with E-state index in [1.807, 2.05) is 0 Å². The van der Waals surface area contributed by atoms with Gasteiger partial charge >= 0.3 is 0 Å². The Labute approximate surface area is 166 Å². The number of hydrogen-bond acceptors (Lipinski definition) is 5. The van der Waals surface area contributed by atoms with Crippen LogP contribution in [-0.2, 0) is 16.0 Å². The van der Waals surface area contributed by atoms with Crippen molar-refractivity contribution in [2.75, 3.05) is 25.3 Å². The minimum Gasteiger partial charge on any atom is -0.493 e. The average molecular weight is 404 g/mol. The summed E-state index contributed by atoms with van der Waals surface area (Å²) >= 11 is 1.35. The summed E-state index contributed by atoms with van der Waals surface area (Å²) in [5.74, 6) is 0.531. The number of halogens is 1. The summed E-state index contributed by atoms with van der Waals surface area (Å²) in [5, 5.41) is 5.07. The van der Waals surface area contributed by atoms with Crippen LogP contribution in [0, 0.1) is 5.82 Å². The molecular formula is C20H21FN2O4S. The fraction of sp³-hybridized carbons (Fsp3) is 0.300. The number of anilines is 1. The van der Waals surface area contributed by atoms with Gasteiger partial charge < -0.3 is 20.1 Å². The number of carbonyl (C=O) groups is 2. The highest BCUT2D eigenvalue weighted by Crippen LogP contribution is 2.30. The molecule has 6 nitrogen and oxygen atoms in total. The van der Waals surface area contributed by atoms with E-state index in [4.69, 9.17) is 9.47 Å². The molecule has 1 fully saturated rings. The number of rotatable bonds is 6. The van der Waals surface area contributed by atoms with Gasteiger partial charge in [-0.1, -0.05) is 18.2 Å². The van der Waals surface area contributed by atoms with Crippen LogP contribution in [0.1, 0.15) is 5.56 Å². The number of ether oxygens (including phenoxy) is 2. The molecule has 1 saturated heterocycles. The lowest BCUT2D eigenvalue weighted by molar-refractivity contribution is -0.126. The third-order valence-electron chi connectivity index (χ3n) is 4.40. The standard InChI is InChI=1S/C20H21FN2O4S/c1-26-16-8-7-13(10-17(16)27-2)22-19(24)15-11-28-18(20(25)23-15)9-12-5-3-4-6-14(12)21/h3-8,10,15,18H,9,11H2,1-2H3,(H,22,24)(H,23,25)/t15-,18-/m0/s1. The monoisotopic (exact) mass is 404 g/mol. The predicted octanol–water partition coefficient (Wildman–Crippen LogP) is 2.62. The first-order chi connectivity index (χ1) is 13.5.